The molecule has 0 spiro atoms. The summed E-state index contributed by atoms with van der Waals surface area (Å²) in [6.45, 7) is 3.64. The van der Waals surface area contributed by atoms with E-state index in [1.807, 2.05) is 13.8 Å². The van der Waals surface area contributed by atoms with Gasteiger partial charge in [0.1, 0.15) is 42.6 Å². The van der Waals surface area contributed by atoms with Crippen LogP contribution in [0.25, 0.3) is 11.1 Å². The number of hydrogen-bond donors (Lipinski definition) is 4. The summed E-state index contributed by atoms with van der Waals surface area (Å²) in [5, 5.41) is 10.3. The van der Waals surface area contributed by atoms with Gasteiger partial charge in [0.25, 0.3) is 0 Å². The second-order valence-corrected chi connectivity index (χ2v) is 22.3. The number of nitrogens with one attached hydrogen (secondary N) is 4. The van der Waals surface area contributed by atoms with E-state index >= 15 is 0 Å². The molecule has 0 aliphatic heterocycles. The zero-order chi connectivity index (χ0) is 52.7. The van der Waals surface area contributed by atoms with Crippen LogP contribution in [0.2, 0.25) is 0 Å². The molecule has 8 rings (SSSR count). The molecule has 0 saturated carbocycles. The Kier molecular flexibility index (Phi) is 15.1. The van der Waals surface area contributed by atoms with Crippen molar-refractivity contribution in [2.45, 2.75) is 33.4 Å². The SMILES string of the molecule is Cc1ccc(S(=O)(=O)Oc2cccc(NC(=O)Nc3cccc(OS(=O)(=O)c4ccc(-c5ccc(S(=O)(=O)Oc6cccc(NC(=O)Nc7cccc(OS(=O)(=O)c8ccc(C)cc8)c7)c6)cc5)cc4)c3)c2)cc1. The summed E-state index contributed by atoms with van der Waals surface area (Å²) in [6, 6.07) is 44.8. The third-order valence-electron chi connectivity index (χ3n) is 10.4. The van der Waals surface area contributed by atoms with Gasteiger partial charge in [-0.05, 0) is 122 Å². The fourth-order valence-electron chi connectivity index (χ4n) is 6.83. The lowest BCUT2D eigenvalue weighted by atomic mass is 10.1. The number of benzene rings is 8. The molecule has 0 radical (unpaired) electrons. The van der Waals surface area contributed by atoms with Crippen LogP contribution in [-0.2, 0) is 40.5 Å². The minimum absolute atomic E-state index is 0.0387. The lowest BCUT2D eigenvalue weighted by molar-refractivity contribution is 0.261. The van der Waals surface area contributed by atoms with E-state index in [1.54, 1.807) is 24.3 Å². The predicted molar refractivity (Wildman–Crippen MR) is 277 cm³/mol. The van der Waals surface area contributed by atoms with Gasteiger partial charge in [-0.3, -0.25) is 0 Å². The maximum atomic E-state index is 13.3. The molecular weight excluding hydrogens is 1030 g/mol. The molecule has 0 aliphatic carbocycles. The highest BCUT2D eigenvalue weighted by atomic mass is 32.2. The molecule has 0 bridgehead atoms. The van der Waals surface area contributed by atoms with Gasteiger partial charge in [0, 0.05) is 47.0 Å². The topological polar surface area (TPSA) is 256 Å². The number of urea groups is 2. The third kappa shape index (κ3) is 13.4. The highest BCUT2D eigenvalue weighted by molar-refractivity contribution is 7.88. The molecule has 0 unspecified atom stereocenters. The Labute approximate surface area is 427 Å². The minimum Gasteiger partial charge on any atom is -0.379 e. The summed E-state index contributed by atoms with van der Waals surface area (Å²) in [5.74, 6) is -0.312. The van der Waals surface area contributed by atoms with Gasteiger partial charge in [-0.1, -0.05) is 83.9 Å². The minimum atomic E-state index is -4.38. The molecule has 0 aromatic heterocycles. The molecule has 0 heterocycles. The second kappa shape index (κ2) is 21.6. The van der Waals surface area contributed by atoms with Gasteiger partial charge in [-0.25, -0.2) is 9.59 Å². The normalized spacial score (nSPS) is 11.6. The highest BCUT2D eigenvalue weighted by Crippen LogP contribution is 2.29. The van der Waals surface area contributed by atoms with E-state index in [9.17, 15) is 43.3 Å². The van der Waals surface area contributed by atoms with Gasteiger partial charge in [-0.2, -0.15) is 33.7 Å². The van der Waals surface area contributed by atoms with E-state index in [1.165, 1.54) is 170 Å². The largest absolute Gasteiger partial charge is 0.379 e. The fourth-order valence-corrected chi connectivity index (χ4v) is 10.5. The molecule has 378 valence electrons. The summed E-state index contributed by atoms with van der Waals surface area (Å²) < 4.78 is 125. The molecule has 0 fully saturated rings. The number of aryl methyl sites for hydroxylation is 2. The fraction of sp³-hybridized carbons (Fsp3) is 0.0385. The lowest BCUT2D eigenvalue weighted by Gasteiger charge is -2.12. The van der Waals surface area contributed by atoms with Crippen LogP contribution in [0.4, 0.5) is 32.3 Å². The van der Waals surface area contributed by atoms with Crippen LogP contribution in [0, 0.1) is 13.8 Å². The van der Waals surface area contributed by atoms with Gasteiger partial charge in [0.05, 0.1) is 0 Å². The molecule has 18 nitrogen and oxygen atoms in total. The van der Waals surface area contributed by atoms with Crippen molar-refractivity contribution in [3.63, 3.8) is 0 Å². The van der Waals surface area contributed by atoms with Gasteiger partial charge >= 0.3 is 52.5 Å². The number of anilines is 4. The third-order valence-corrected chi connectivity index (χ3v) is 15.5. The predicted octanol–water partition coefficient (Wildman–Crippen LogP) is 10.3. The van der Waals surface area contributed by atoms with Gasteiger partial charge in [0.15, 0.2) is 0 Å². The maximum absolute atomic E-state index is 13.3. The van der Waals surface area contributed by atoms with Crippen LogP contribution < -0.4 is 38.0 Å². The van der Waals surface area contributed by atoms with E-state index in [-0.39, 0.29) is 65.3 Å². The Hall–Kier alpha value is -8.70. The number of hydrogen-bond acceptors (Lipinski definition) is 14. The van der Waals surface area contributed by atoms with Crippen LogP contribution in [0.3, 0.4) is 0 Å². The molecule has 74 heavy (non-hydrogen) atoms. The Morgan fingerprint density at radius 2 is 0.527 bits per heavy atom. The van der Waals surface area contributed by atoms with Crippen LogP contribution >= 0.6 is 0 Å². The first-order chi connectivity index (χ1) is 35.2. The van der Waals surface area contributed by atoms with Crippen molar-refractivity contribution in [2.75, 3.05) is 21.3 Å². The van der Waals surface area contributed by atoms with E-state index in [2.05, 4.69) is 21.3 Å². The Bertz CT molecular complexity index is 3590. The summed E-state index contributed by atoms with van der Waals surface area (Å²) in [4.78, 5) is 25.3. The van der Waals surface area contributed by atoms with Crippen LogP contribution in [-0.4, -0.2) is 45.7 Å². The lowest BCUT2D eigenvalue weighted by Crippen LogP contribution is -2.19. The Morgan fingerprint density at radius 3 is 0.757 bits per heavy atom. The molecule has 4 amide bonds. The summed E-state index contributed by atoms with van der Waals surface area (Å²) in [5.41, 5.74) is 3.58. The Balaban J connectivity index is 0.833. The van der Waals surface area contributed by atoms with E-state index in [4.69, 9.17) is 16.7 Å². The first kappa shape index (κ1) is 51.6. The molecular formula is C52H42N4O14S4. The van der Waals surface area contributed by atoms with E-state index in [0.29, 0.717) is 11.1 Å². The summed E-state index contributed by atoms with van der Waals surface area (Å²) in [6.07, 6.45) is 0. The van der Waals surface area contributed by atoms with Crippen LogP contribution in [0.1, 0.15) is 11.1 Å². The molecule has 0 atom stereocenters. The second-order valence-electron chi connectivity index (χ2n) is 16.1. The average Bonchev–Trinajstić information content (AvgIpc) is 3.34. The number of amides is 4. The molecule has 8 aromatic rings. The zero-order valence-corrected chi connectivity index (χ0v) is 42.1. The molecule has 0 saturated heterocycles. The summed E-state index contributed by atoms with van der Waals surface area (Å²) in [7, 11) is -17.0. The van der Waals surface area contributed by atoms with Crippen molar-refractivity contribution >= 4 is 75.3 Å². The van der Waals surface area contributed by atoms with Gasteiger partial charge < -0.3 is 38.0 Å². The summed E-state index contributed by atoms with van der Waals surface area (Å²) >= 11 is 0. The average molecular weight is 1080 g/mol. The first-order valence-corrected chi connectivity index (χ1v) is 27.5. The molecule has 22 heteroatoms. The highest BCUT2D eigenvalue weighted by Gasteiger charge is 2.22. The van der Waals surface area contributed by atoms with Crippen LogP contribution in [0.5, 0.6) is 23.0 Å². The first-order valence-electron chi connectivity index (χ1n) is 21.9. The van der Waals surface area contributed by atoms with Crippen molar-refractivity contribution in [3.05, 3.63) is 205 Å². The van der Waals surface area contributed by atoms with Crippen molar-refractivity contribution in [1.82, 2.24) is 0 Å². The van der Waals surface area contributed by atoms with Crippen molar-refractivity contribution in [1.29, 1.82) is 0 Å². The Morgan fingerprint density at radius 1 is 0.311 bits per heavy atom. The number of rotatable bonds is 17. The monoisotopic (exact) mass is 1070 g/mol. The standard InChI is InChI=1S/C52H42N4O14S4/c1-35-15-23-47(24-16-35)71(59,60)67-43-11-3-7-39(31-43)53-51(57)55-41-9-5-13-45(33-41)69-73(63,64)49-27-19-37(20-28-49)38-21-29-50(30-22-38)74(65,66)70-46-14-6-10-42(34-46)56-52(58)54-40-8-4-12-44(32-40)68-72(61,62)48-25-17-36(2)18-26-48/h3-34H,1-2H3,(H2,53,55,57)(H2,54,56,58). The molecule has 8 aromatic carbocycles. The molecule has 4 N–H and O–H groups in total. The van der Waals surface area contributed by atoms with E-state index < -0.39 is 52.5 Å². The quantitative estimate of drug-likeness (QED) is 0.0619. The molecule has 0 aliphatic rings. The maximum Gasteiger partial charge on any atom is 0.339 e. The zero-order valence-electron chi connectivity index (χ0n) is 38.8. The van der Waals surface area contributed by atoms with Gasteiger partial charge in [-0.15, -0.1) is 0 Å². The number of carbonyl (C=O) groups is 2. The van der Waals surface area contributed by atoms with Crippen LogP contribution in [0.15, 0.2) is 214 Å². The van der Waals surface area contributed by atoms with Crippen molar-refractivity contribution < 1.29 is 60.0 Å². The van der Waals surface area contributed by atoms with Crippen molar-refractivity contribution in [2.24, 2.45) is 0 Å². The number of carbonyl (C=O) groups excluding carboxylic acids is 2. The van der Waals surface area contributed by atoms with Crippen molar-refractivity contribution in [3.8, 4) is 34.1 Å². The smallest absolute Gasteiger partial charge is 0.339 e. The van der Waals surface area contributed by atoms with Gasteiger partial charge in [0.2, 0.25) is 0 Å². The van der Waals surface area contributed by atoms with E-state index in [0.717, 1.165) is 11.1 Å².